The van der Waals surface area contributed by atoms with Gasteiger partial charge in [0.25, 0.3) is 7.82 Å². The molecule has 11 nitrogen and oxygen atoms in total. The van der Waals surface area contributed by atoms with Crippen LogP contribution < -0.4 is 4.89 Å². The molecule has 0 bridgehead atoms. The lowest BCUT2D eigenvalue weighted by atomic mass is 10.0. The van der Waals surface area contributed by atoms with Crippen molar-refractivity contribution in [1.82, 2.24) is 0 Å². The van der Waals surface area contributed by atoms with Gasteiger partial charge in [-0.15, -0.1) is 0 Å². The highest BCUT2D eigenvalue weighted by atomic mass is 31.2. The summed E-state index contributed by atoms with van der Waals surface area (Å²) in [6.07, 6.45) is 22.4. The largest absolute Gasteiger partial charge is 0.756 e. The molecule has 1 N–H and O–H groups in total. The van der Waals surface area contributed by atoms with Gasteiger partial charge in [0.15, 0.2) is 6.10 Å². The van der Waals surface area contributed by atoms with Crippen LogP contribution in [0.3, 0.4) is 0 Å². The predicted octanol–water partition coefficient (Wildman–Crippen LogP) is 8.12. The molecule has 0 radical (unpaired) electrons. The number of hydrogen-bond acceptors (Lipinski definition) is 9. The summed E-state index contributed by atoms with van der Waals surface area (Å²) < 4.78 is 33.6. The minimum atomic E-state index is -4.64. The van der Waals surface area contributed by atoms with Gasteiger partial charge >= 0.3 is 17.9 Å². The fourth-order valence-electron chi connectivity index (χ4n) is 5.15. The van der Waals surface area contributed by atoms with Crippen molar-refractivity contribution in [3.05, 3.63) is 0 Å². The van der Waals surface area contributed by atoms with E-state index in [-0.39, 0.29) is 32.5 Å². The van der Waals surface area contributed by atoms with Crippen LogP contribution in [0.4, 0.5) is 0 Å². The molecule has 1 unspecified atom stereocenters. The monoisotopic (exact) mass is 707 g/mol. The average molecular weight is 708 g/mol. The second kappa shape index (κ2) is 30.3. The van der Waals surface area contributed by atoms with Crippen LogP contribution in [0.15, 0.2) is 0 Å². The van der Waals surface area contributed by atoms with Crippen LogP contribution in [0.2, 0.25) is 0 Å². The van der Waals surface area contributed by atoms with Crippen LogP contribution in [-0.4, -0.2) is 81.1 Å². The van der Waals surface area contributed by atoms with E-state index in [4.69, 9.17) is 23.6 Å². The summed E-state index contributed by atoms with van der Waals surface area (Å²) in [6.45, 7) is 1.86. The Hall–Kier alpha value is -1.52. The number of aliphatic carboxylic acids is 1. The maximum atomic E-state index is 12.5. The Morgan fingerprint density at radius 3 is 1.48 bits per heavy atom. The molecule has 0 aromatic carbocycles. The molecule has 0 heterocycles. The van der Waals surface area contributed by atoms with Crippen molar-refractivity contribution in [2.45, 2.75) is 167 Å². The number of likely N-dealkylation sites (N-methyl/N-ethyl adjacent to an activating group) is 1. The van der Waals surface area contributed by atoms with E-state index in [0.717, 1.165) is 57.8 Å². The number of phosphoric acid groups is 1. The Balaban J connectivity index is 4.41. The van der Waals surface area contributed by atoms with Crippen LogP contribution >= 0.6 is 7.82 Å². The highest BCUT2D eigenvalue weighted by Crippen LogP contribution is 2.38. The number of carboxylic acids is 1. The van der Waals surface area contributed by atoms with Crippen molar-refractivity contribution >= 4 is 25.7 Å². The van der Waals surface area contributed by atoms with E-state index in [9.17, 15) is 23.8 Å². The average Bonchev–Trinajstić information content (AvgIpc) is 3.00. The summed E-state index contributed by atoms with van der Waals surface area (Å²) in [5.74, 6) is -1.67. The van der Waals surface area contributed by atoms with Gasteiger partial charge in [-0.3, -0.25) is 18.9 Å². The normalized spacial score (nSPS) is 13.6. The molecule has 0 rings (SSSR count). The molecule has 0 amide bonds. The number of nitrogens with zero attached hydrogens (tertiary/aromatic N) is 1. The zero-order valence-electron chi connectivity index (χ0n) is 30.9. The zero-order valence-corrected chi connectivity index (χ0v) is 31.8. The maximum absolute atomic E-state index is 12.5. The van der Waals surface area contributed by atoms with E-state index in [1.807, 2.05) is 21.1 Å². The first kappa shape index (κ1) is 46.5. The quantitative estimate of drug-likeness (QED) is 0.0296. The van der Waals surface area contributed by atoms with Gasteiger partial charge in [0.1, 0.15) is 19.8 Å². The number of carbonyl (C=O) groups is 3. The van der Waals surface area contributed by atoms with Crippen LogP contribution in [0.1, 0.15) is 161 Å². The standard InChI is InChI=1S/C36H70NO10P/c1-5-6-7-8-9-10-11-12-13-14-18-21-24-27-35(40)44-31-33(32-46-48(42,43)45-30-29-37(2,3)4)47-36(41)28-25-22-19-16-15-17-20-23-26-34(38)39/h33H,5-32H2,1-4H3,(H-,38,39,42,43)/t33-/m1/s1. The molecule has 0 saturated heterocycles. The van der Waals surface area contributed by atoms with Gasteiger partial charge < -0.3 is 33.0 Å². The van der Waals surface area contributed by atoms with Crippen LogP contribution in [0.25, 0.3) is 0 Å². The summed E-state index contributed by atoms with van der Waals surface area (Å²) in [6, 6.07) is 0. The topological polar surface area (TPSA) is 148 Å². The first-order valence-corrected chi connectivity index (χ1v) is 20.3. The molecule has 284 valence electrons. The third-order valence-electron chi connectivity index (χ3n) is 8.16. The van der Waals surface area contributed by atoms with Crippen molar-refractivity contribution in [2.24, 2.45) is 0 Å². The molecule has 0 aliphatic carbocycles. The Morgan fingerprint density at radius 2 is 1.04 bits per heavy atom. The molecule has 0 aliphatic rings. The van der Waals surface area contributed by atoms with Crippen molar-refractivity contribution in [3.8, 4) is 0 Å². The van der Waals surface area contributed by atoms with Gasteiger partial charge in [0.2, 0.25) is 0 Å². The summed E-state index contributed by atoms with van der Waals surface area (Å²) in [7, 11) is 1.09. The van der Waals surface area contributed by atoms with E-state index in [1.54, 1.807) is 0 Å². The van der Waals surface area contributed by atoms with Crippen molar-refractivity contribution in [2.75, 3.05) is 47.5 Å². The third kappa shape index (κ3) is 34.3. The van der Waals surface area contributed by atoms with Gasteiger partial charge in [-0.2, -0.15) is 0 Å². The lowest BCUT2D eigenvalue weighted by Gasteiger charge is -2.28. The Labute approximate surface area is 292 Å². The van der Waals surface area contributed by atoms with Gasteiger partial charge in [-0.25, -0.2) is 0 Å². The van der Waals surface area contributed by atoms with E-state index in [2.05, 4.69) is 6.92 Å². The highest BCUT2D eigenvalue weighted by Gasteiger charge is 2.21. The first-order valence-electron chi connectivity index (χ1n) is 18.8. The van der Waals surface area contributed by atoms with Gasteiger partial charge in [0.05, 0.1) is 27.7 Å². The molecular formula is C36H70NO10P. The number of esters is 2. The molecule has 0 saturated carbocycles. The molecule has 2 atom stereocenters. The second-order valence-electron chi connectivity index (χ2n) is 14.1. The molecule has 0 spiro atoms. The van der Waals surface area contributed by atoms with E-state index < -0.39 is 38.4 Å². The molecule has 48 heavy (non-hydrogen) atoms. The number of phosphoric ester groups is 1. The maximum Gasteiger partial charge on any atom is 0.306 e. The highest BCUT2D eigenvalue weighted by molar-refractivity contribution is 7.45. The fourth-order valence-corrected chi connectivity index (χ4v) is 5.88. The van der Waals surface area contributed by atoms with Crippen molar-refractivity contribution in [1.29, 1.82) is 0 Å². The van der Waals surface area contributed by atoms with E-state index >= 15 is 0 Å². The van der Waals surface area contributed by atoms with Gasteiger partial charge in [-0.05, 0) is 19.3 Å². The Morgan fingerprint density at radius 1 is 0.625 bits per heavy atom. The number of unbranched alkanes of at least 4 members (excludes halogenated alkanes) is 19. The van der Waals surface area contributed by atoms with Gasteiger partial charge in [0, 0.05) is 19.3 Å². The second-order valence-corrected chi connectivity index (χ2v) is 15.5. The number of carbonyl (C=O) groups excluding carboxylic acids is 2. The SMILES string of the molecule is CCCCCCCCCCCCCCCC(=O)OC[C@H](COP(=O)([O-])OCC[N+](C)(C)C)OC(=O)CCCCCCCCCCC(=O)O. The number of ether oxygens (including phenoxy) is 2. The van der Waals surface area contributed by atoms with Gasteiger partial charge in [-0.1, -0.05) is 122 Å². The number of rotatable bonds is 35. The molecule has 0 aromatic rings. The molecule has 0 aliphatic heterocycles. The molecule has 0 fully saturated rings. The van der Waals surface area contributed by atoms with E-state index in [0.29, 0.717) is 23.9 Å². The molecule has 12 heteroatoms. The predicted molar refractivity (Wildman–Crippen MR) is 187 cm³/mol. The Kier molecular flexibility index (Phi) is 29.4. The van der Waals surface area contributed by atoms with Crippen LogP contribution in [0, 0.1) is 0 Å². The van der Waals surface area contributed by atoms with E-state index in [1.165, 1.54) is 64.2 Å². The van der Waals surface area contributed by atoms with Crippen LogP contribution in [-0.2, 0) is 37.5 Å². The summed E-state index contributed by atoms with van der Waals surface area (Å²) >= 11 is 0. The summed E-state index contributed by atoms with van der Waals surface area (Å²) in [5, 5.41) is 8.69. The summed E-state index contributed by atoms with van der Waals surface area (Å²) in [5.41, 5.74) is 0. The number of quaternary nitrogens is 1. The minimum Gasteiger partial charge on any atom is -0.756 e. The minimum absolute atomic E-state index is 0.0504. The molecular weight excluding hydrogens is 637 g/mol. The smallest absolute Gasteiger partial charge is 0.306 e. The van der Waals surface area contributed by atoms with Crippen molar-refractivity contribution < 1.29 is 52.0 Å². The fraction of sp³-hybridized carbons (Fsp3) is 0.917. The lowest BCUT2D eigenvalue weighted by molar-refractivity contribution is -0.870. The zero-order chi connectivity index (χ0) is 35.9. The lowest BCUT2D eigenvalue weighted by Crippen LogP contribution is -2.37. The first-order chi connectivity index (χ1) is 22.8. The summed E-state index contributed by atoms with van der Waals surface area (Å²) in [4.78, 5) is 47.8. The van der Waals surface area contributed by atoms with Crippen molar-refractivity contribution in [3.63, 3.8) is 0 Å². The van der Waals surface area contributed by atoms with Crippen LogP contribution in [0.5, 0.6) is 0 Å². The number of hydrogen-bond donors (Lipinski definition) is 1. The third-order valence-corrected chi connectivity index (χ3v) is 9.13. The number of carboxylic acid groups (broad SMARTS) is 1. The molecule has 0 aromatic heterocycles. The Bertz CT molecular complexity index is 864.